The van der Waals surface area contributed by atoms with E-state index in [1.54, 1.807) is 17.9 Å². The molecule has 0 spiro atoms. The van der Waals surface area contributed by atoms with Crippen LogP contribution in [0, 0.1) is 6.92 Å². The number of hydrogen-bond donors (Lipinski definition) is 0. The van der Waals surface area contributed by atoms with Gasteiger partial charge in [0, 0.05) is 17.7 Å². The summed E-state index contributed by atoms with van der Waals surface area (Å²) in [5.41, 5.74) is 5.32. The topological polar surface area (TPSA) is 55.8 Å². The van der Waals surface area contributed by atoms with Gasteiger partial charge in [0.25, 0.3) is 5.91 Å². The van der Waals surface area contributed by atoms with Gasteiger partial charge in [0.1, 0.15) is 6.10 Å². The Hall–Kier alpha value is -3.34. The summed E-state index contributed by atoms with van der Waals surface area (Å²) in [6.07, 6.45) is 3.22. The summed E-state index contributed by atoms with van der Waals surface area (Å²) in [7, 11) is 0. The van der Waals surface area contributed by atoms with E-state index in [9.17, 15) is 9.59 Å². The van der Waals surface area contributed by atoms with Gasteiger partial charge in [-0.1, -0.05) is 42.0 Å². The molecule has 3 unspecified atom stereocenters. The summed E-state index contributed by atoms with van der Waals surface area (Å²) in [5, 5.41) is 0. The van der Waals surface area contributed by atoms with Crippen LogP contribution in [-0.4, -0.2) is 24.2 Å². The number of carbonyl (C=O) groups excluding carboxylic acids is 2. The van der Waals surface area contributed by atoms with Crippen LogP contribution in [0.3, 0.4) is 0 Å². The van der Waals surface area contributed by atoms with Crippen molar-refractivity contribution in [2.45, 2.75) is 38.5 Å². The Bertz CT molecular complexity index is 1070. The third-order valence-corrected chi connectivity index (χ3v) is 5.86. The molecule has 2 aliphatic heterocycles. The summed E-state index contributed by atoms with van der Waals surface area (Å²) >= 11 is 0. The number of ether oxygens (including phenoxy) is 2. The first-order valence-electron chi connectivity index (χ1n) is 9.76. The summed E-state index contributed by atoms with van der Waals surface area (Å²) in [6.45, 7) is 3.77. The van der Waals surface area contributed by atoms with Gasteiger partial charge in [0.05, 0.1) is 17.8 Å². The van der Waals surface area contributed by atoms with Gasteiger partial charge in [-0.15, -0.1) is 0 Å². The highest BCUT2D eigenvalue weighted by molar-refractivity contribution is 6.08. The molecule has 29 heavy (non-hydrogen) atoms. The first-order chi connectivity index (χ1) is 14.0. The van der Waals surface area contributed by atoms with E-state index in [2.05, 4.69) is 6.07 Å². The first kappa shape index (κ1) is 17.7. The van der Waals surface area contributed by atoms with Gasteiger partial charge in [-0.05, 0) is 43.2 Å². The molecule has 1 fully saturated rings. The molecular weight excluding hydrogens is 366 g/mol. The molecule has 5 rings (SSSR count). The Morgan fingerprint density at radius 2 is 1.83 bits per heavy atom. The van der Waals surface area contributed by atoms with E-state index in [4.69, 9.17) is 9.47 Å². The van der Waals surface area contributed by atoms with Crippen molar-refractivity contribution in [1.29, 1.82) is 0 Å². The zero-order valence-electron chi connectivity index (χ0n) is 16.3. The van der Waals surface area contributed by atoms with Crippen LogP contribution in [0.1, 0.15) is 29.5 Å². The average molecular weight is 387 g/mol. The second-order valence-electron chi connectivity index (χ2n) is 7.78. The standard InChI is InChI=1S/C24H21NO4/c1-14-7-9-17(10-8-14)25-21(11-15(2)23(25)26)28-13-19-22-18-6-4-3-5-16(18)12-20(22)29-24(19)27/h3-11,13,20-22H,12H2,1-2H3/b19-13+. The molecule has 2 aromatic rings. The predicted octanol–water partition coefficient (Wildman–Crippen LogP) is 3.78. The molecular formula is C24H21NO4. The Kier molecular flexibility index (Phi) is 4.05. The average Bonchev–Trinajstić information content (AvgIpc) is 3.31. The number of benzene rings is 2. The number of anilines is 1. The maximum absolute atomic E-state index is 12.7. The van der Waals surface area contributed by atoms with Crippen LogP contribution in [0.15, 0.2) is 72.0 Å². The quantitative estimate of drug-likeness (QED) is 0.457. The van der Waals surface area contributed by atoms with E-state index >= 15 is 0 Å². The van der Waals surface area contributed by atoms with E-state index in [1.165, 1.54) is 11.8 Å². The molecule has 1 aliphatic carbocycles. The van der Waals surface area contributed by atoms with Gasteiger partial charge in [-0.3, -0.25) is 9.69 Å². The number of rotatable bonds is 3. The molecule has 0 N–H and O–H groups in total. The molecule has 5 nitrogen and oxygen atoms in total. The van der Waals surface area contributed by atoms with Gasteiger partial charge >= 0.3 is 5.97 Å². The summed E-state index contributed by atoms with van der Waals surface area (Å²) in [4.78, 5) is 26.7. The number of carbonyl (C=O) groups is 2. The zero-order chi connectivity index (χ0) is 20.1. The highest BCUT2D eigenvalue weighted by Crippen LogP contribution is 2.45. The lowest BCUT2D eigenvalue weighted by Crippen LogP contribution is -2.35. The summed E-state index contributed by atoms with van der Waals surface area (Å²) in [6, 6.07) is 15.8. The fourth-order valence-electron chi connectivity index (χ4n) is 4.37. The number of aryl methyl sites for hydroxylation is 1. The molecule has 5 heteroatoms. The van der Waals surface area contributed by atoms with Crippen molar-refractivity contribution >= 4 is 17.6 Å². The van der Waals surface area contributed by atoms with Crippen LogP contribution in [0.25, 0.3) is 0 Å². The Balaban J connectivity index is 1.44. The Morgan fingerprint density at radius 1 is 1.07 bits per heavy atom. The number of amides is 1. The van der Waals surface area contributed by atoms with E-state index < -0.39 is 6.23 Å². The minimum atomic E-state index is -0.596. The van der Waals surface area contributed by atoms with Gasteiger partial charge < -0.3 is 9.47 Å². The minimum absolute atomic E-state index is 0.102. The monoisotopic (exact) mass is 387 g/mol. The molecule has 3 aliphatic rings. The fourth-order valence-corrected chi connectivity index (χ4v) is 4.37. The first-order valence-corrected chi connectivity index (χ1v) is 9.76. The SMILES string of the molecule is CC1=CC(O/C=C2/C(=O)OC3Cc4ccccc4C23)N(c2ccc(C)cc2)C1=O. The van der Waals surface area contributed by atoms with Gasteiger partial charge in [0.2, 0.25) is 0 Å². The zero-order valence-corrected chi connectivity index (χ0v) is 16.3. The van der Waals surface area contributed by atoms with Crippen molar-refractivity contribution < 1.29 is 19.1 Å². The van der Waals surface area contributed by atoms with Crippen LogP contribution in [0.2, 0.25) is 0 Å². The van der Waals surface area contributed by atoms with Crippen molar-refractivity contribution in [1.82, 2.24) is 0 Å². The molecule has 1 amide bonds. The van der Waals surface area contributed by atoms with Crippen molar-refractivity contribution in [3.8, 4) is 0 Å². The smallest absolute Gasteiger partial charge is 0.338 e. The van der Waals surface area contributed by atoms with E-state index in [-0.39, 0.29) is 23.9 Å². The fraction of sp³-hybridized carbons (Fsp3) is 0.250. The lowest BCUT2D eigenvalue weighted by atomic mass is 9.94. The lowest BCUT2D eigenvalue weighted by molar-refractivity contribution is -0.138. The molecule has 0 aromatic heterocycles. The van der Waals surface area contributed by atoms with Crippen molar-refractivity contribution in [3.63, 3.8) is 0 Å². The largest absolute Gasteiger partial charge is 0.473 e. The van der Waals surface area contributed by atoms with Crippen LogP contribution in [-0.2, 0) is 25.5 Å². The number of hydrogen-bond acceptors (Lipinski definition) is 4. The number of nitrogens with zero attached hydrogens (tertiary/aromatic N) is 1. The normalized spacial score (nSPS) is 26.4. The van der Waals surface area contributed by atoms with Crippen LogP contribution in [0.4, 0.5) is 5.69 Å². The molecule has 0 radical (unpaired) electrons. The molecule has 2 aromatic carbocycles. The second-order valence-corrected chi connectivity index (χ2v) is 7.78. The van der Waals surface area contributed by atoms with Crippen molar-refractivity contribution in [3.05, 3.63) is 88.7 Å². The summed E-state index contributed by atoms with van der Waals surface area (Å²) < 4.78 is 11.6. The van der Waals surface area contributed by atoms with E-state index in [0.717, 1.165) is 23.2 Å². The van der Waals surface area contributed by atoms with Crippen molar-refractivity contribution in [2.75, 3.05) is 4.90 Å². The maximum atomic E-state index is 12.7. The predicted molar refractivity (Wildman–Crippen MR) is 108 cm³/mol. The van der Waals surface area contributed by atoms with Crippen LogP contribution < -0.4 is 4.90 Å². The van der Waals surface area contributed by atoms with Gasteiger partial charge in [-0.2, -0.15) is 0 Å². The van der Waals surface area contributed by atoms with E-state index in [0.29, 0.717) is 11.1 Å². The lowest BCUT2D eigenvalue weighted by Gasteiger charge is -2.24. The number of fused-ring (bicyclic) bond motifs is 3. The Labute approximate surface area is 169 Å². The minimum Gasteiger partial charge on any atom is -0.473 e. The summed E-state index contributed by atoms with van der Waals surface area (Å²) in [5.74, 6) is -0.564. The van der Waals surface area contributed by atoms with Crippen molar-refractivity contribution in [2.24, 2.45) is 0 Å². The highest BCUT2D eigenvalue weighted by atomic mass is 16.6. The molecule has 1 saturated heterocycles. The maximum Gasteiger partial charge on any atom is 0.338 e. The third-order valence-electron chi connectivity index (χ3n) is 5.86. The molecule has 3 atom stereocenters. The van der Waals surface area contributed by atoms with Crippen LogP contribution in [0.5, 0.6) is 0 Å². The molecule has 0 saturated carbocycles. The molecule has 2 heterocycles. The number of esters is 1. The van der Waals surface area contributed by atoms with Crippen LogP contribution >= 0.6 is 0 Å². The molecule has 0 bridgehead atoms. The second kappa shape index (κ2) is 6.62. The highest BCUT2D eigenvalue weighted by Gasteiger charge is 2.46. The Morgan fingerprint density at radius 3 is 2.62 bits per heavy atom. The van der Waals surface area contributed by atoms with Gasteiger partial charge in [-0.25, -0.2) is 4.79 Å². The van der Waals surface area contributed by atoms with E-state index in [1.807, 2.05) is 49.4 Å². The van der Waals surface area contributed by atoms with Gasteiger partial charge in [0.15, 0.2) is 6.23 Å². The molecule has 146 valence electrons. The third kappa shape index (κ3) is 2.85.